The van der Waals surface area contributed by atoms with E-state index in [4.69, 9.17) is 4.74 Å². The number of likely N-dealkylation sites (tertiary alicyclic amines) is 1. The molecule has 3 aromatic rings. The Labute approximate surface area is 213 Å². The van der Waals surface area contributed by atoms with Crippen molar-refractivity contribution in [3.05, 3.63) is 59.9 Å². The summed E-state index contributed by atoms with van der Waals surface area (Å²) in [5.74, 6) is 2.80. The minimum absolute atomic E-state index is 0. The lowest BCUT2D eigenvalue weighted by atomic mass is 10.0. The Morgan fingerprint density at radius 1 is 1.12 bits per heavy atom. The number of halogens is 1. The molecular formula is C25H35IN6O. The third-order valence-electron chi connectivity index (χ3n) is 6.09. The summed E-state index contributed by atoms with van der Waals surface area (Å²) in [6.45, 7) is 3.85. The number of ether oxygens (including phenoxy) is 1. The molecule has 0 bridgehead atoms. The molecule has 1 fully saturated rings. The number of aromatic amines is 1. The van der Waals surface area contributed by atoms with E-state index in [1.165, 1.54) is 18.4 Å². The molecule has 0 aliphatic carbocycles. The number of fused-ring (bicyclic) bond motifs is 1. The second kappa shape index (κ2) is 12.8. The van der Waals surface area contributed by atoms with E-state index in [-0.39, 0.29) is 30.0 Å². The summed E-state index contributed by atoms with van der Waals surface area (Å²) in [6.07, 6.45) is 4.37. The van der Waals surface area contributed by atoms with Crippen molar-refractivity contribution in [2.45, 2.75) is 31.7 Å². The molecule has 1 aromatic heterocycles. The van der Waals surface area contributed by atoms with Crippen molar-refractivity contribution >= 4 is 41.0 Å². The third kappa shape index (κ3) is 6.60. The average molecular weight is 563 g/mol. The third-order valence-corrected chi connectivity index (χ3v) is 6.09. The van der Waals surface area contributed by atoms with Gasteiger partial charge in [0.15, 0.2) is 5.96 Å². The van der Waals surface area contributed by atoms with E-state index in [9.17, 15) is 0 Å². The van der Waals surface area contributed by atoms with E-state index in [0.29, 0.717) is 0 Å². The molecule has 1 atom stereocenters. The second-order valence-electron chi connectivity index (χ2n) is 8.18. The Kier molecular flexibility index (Phi) is 9.80. The Bertz CT molecular complexity index is 997. The number of rotatable bonds is 9. The molecule has 0 amide bonds. The number of hydrogen-bond donors (Lipinski definition) is 3. The van der Waals surface area contributed by atoms with Gasteiger partial charge in [-0.3, -0.25) is 9.89 Å². The smallest absolute Gasteiger partial charge is 0.191 e. The van der Waals surface area contributed by atoms with Gasteiger partial charge in [-0.05, 0) is 50.6 Å². The monoisotopic (exact) mass is 562 g/mol. The number of H-pyrrole nitrogens is 1. The number of nitrogens with zero attached hydrogens (tertiary/aromatic N) is 3. The fraction of sp³-hybridized carbons (Fsp3) is 0.440. The fourth-order valence-electron chi connectivity index (χ4n) is 4.43. The molecule has 178 valence electrons. The summed E-state index contributed by atoms with van der Waals surface area (Å²) >= 11 is 0. The molecule has 2 heterocycles. The standard InChI is InChI=1S/C25H34N6O.HI/c1-26-25(27-15-9-14-24-29-20-11-4-5-12-21(20)30-24)28-18-22(31-16-7-8-17-31)19-10-3-6-13-23(19)32-2;/h3-6,10-13,22H,7-9,14-18H2,1-2H3,(H,29,30)(H2,26,27,28);1H. The van der Waals surface area contributed by atoms with Gasteiger partial charge in [0.05, 0.1) is 24.2 Å². The maximum Gasteiger partial charge on any atom is 0.191 e. The van der Waals surface area contributed by atoms with Crippen LogP contribution in [-0.4, -0.2) is 61.2 Å². The van der Waals surface area contributed by atoms with E-state index in [1.807, 2.05) is 37.4 Å². The molecule has 0 saturated carbocycles. The molecule has 0 spiro atoms. The van der Waals surface area contributed by atoms with E-state index < -0.39 is 0 Å². The molecule has 0 radical (unpaired) electrons. The Morgan fingerprint density at radius 3 is 2.64 bits per heavy atom. The number of methoxy groups -OCH3 is 1. The van der Waals surface area contributed by atoms with Gasteiger partial charge < -0.3 is 20.4 Å². The summed E-state index contributed by atoms with van der Waals surface area (Å²) in [4.78, 5) is 15.0. The lowest BCUT2D eigenvalue weighted by Gasteiger charge is -2.30. The predicted octanol–water partition coefficient (Wildman–Crippen LogP) is 4.12. The van der Waals surface area contributed by atoms with Crippen LogP contribution < -0.4 is 15.4 Å². The summed E-state index contributed by atoms with van der Waals surface area (Å²) in [6, 6.07) is 16.7. The van der Waals surface area contributed by atoms with Crippen LogP contribution in [-0.2, 0) is 6.42 Å². The second-order valence-corrected chi connectivity index (χ2v) is 8.18. The molecule has 8 heteroatoms. The summed E-state index contributed by atoms with van der Waals surface area (Å²) in [5, 5.41) is 6.98. The van der Waals surface area contributed by atoms with Gasteiger partial charge in [0, 0.05) is 32.1 Å². The zero-order valence-electron chi connectivity index (χ0n) is 19.5. The maximum absolute atomic E-state index is 5.65. The number of nitrogens with one attached hydrogen (secondary N) is 3. The van der Waals surface area contributed by atoms with Gasteiger partial charge in [-0.15, -0.1) is 24.0 Å². The van der Waals surface area contributed by atoms with Crippen LogP contribution in [0.3, 0.4) is 0 Å². The van der Waals surface area contributed by atoms with E-state index in [0.717, 1.165) is 67.6 Å². The lowest BCUT2D eigenvalue weighted by Crippen LogP contribution is -2.43. The van der Waals surface area contributed by atoms with Crippen molar-refractivity contribution in [2.75, 3.05) is 40.3 Å². The first-order valence-electron chi connectivity index (χ1n) is 11.5. The molecule has 1 unspecified atom stereocenters. The normalized spacial score (nSPS) is 15.3. The number of hydrogen-bond acceptors (Lipinski definition) is 4. The van der Waals surface area contributed by atoms with E-state index in [1.54, 1.807) is 7.11 Å². The first-order chi connectivity index (χ1) is 15.8. The lowest BCUT2D eigenvalue weighted by molar-refractivity contribution is 0.239. The van der Waals surface area contributed by atoms with Gasteiger partial charge in [-0.2, -0.15) is 0 Å². The predicted molar refractivity (Wildman–Crippen MR) is 146 cm³/mol. The molecule has 1 aliphatic heterocycles. The van der Waals surface area contributed by atoms with Crippen LogP contribution in [0.15, 0.2) is 53.5 Å². The topological polar surface area (TPSA) is 77.6 Å². The summed E-state index contributed by atoms with van der Waals surface area (Å²) in [7, 11) is 3.57. The van der Waals surface area contributed by atoms with E-state index in [2.05, 4.69) is 48.7 Å². The van der Waals surface area contributed by atoms with Crippen LogP contribution in [0.2, 0.25) is 0 Å². The molecule has 7 nitrogen and oxygen atoms in total. The Balaban J connectivity index is 0.00000306. The van der Waals surface area contributed by atoms with Gasteiger partial charge in [0.25, 0.3) is 0 Å². The van der Waals surface area contributed by atoms with Gasteiger partial charge in [-0.25, -0.2) is 4.98 Å². The van der Waals surface area contributed by atoms with Crippen molar-refractivity contribution in [1.82, 2.24) is 25.5 Å². The van der Waals surface area contributed by atoms with Crippen LogP contribution in [0.1, 0.15) is 36.7 Å². The number of imidazole rings is 1. The Hall–Kier alpha value is -2.33. The Morgan fingerprint density at radius 2 is 1.88 bits per heavy atom. The highest BCUT2D eigenvalue weighted by Gasteiger charge is 2.26. The summed E-state index contributed by atoms with van der Waals surface area (Å²) in [5.41, 5.74) is 3.35. The zero-order valence-corrected chi connectivity index (χ0v) is 21.8. The highest BCUT2D eigenvalue weighted by atomic mass is 127. The molecule has 33 heavy (non-hydrogen) atoms. The molecule has 4 rings (SSSR count). The number of para-hydroxylation sites is 3. The highest BCUT2D eigenvalue weighted by Crippen LogP contribution is 2.31. The molecule has 1 saturated heterocycles. The minimum atomic E-state index is 0. The van der Waals surface area contributed by atoms with Crippen molar-refractivity contribution in [3.8, 4) is 5.75 Å². The zero-order chi connectivity index (χ0) is 22.2. The maximum atomic E-state index is 5.65. The SMILES string of the molecule is CN=C(NCCCc1nc2ccccc2[nH]1)NCC(c1ccccc1OC)N1CCCC1.I. The molecule has 1 aliphatic rings. The number of aliphatic imine (C=N–C) groups is 1. The molecule has 2 aromatic carbocycles. The van der Waals surface area contributed by atoms with Crippen LogP contribution >= 0.6 is 24.0 Å². The molecular weight excluding hydrogens is 527 g/mol. The largest absolute Gasteiger partial charge is 0.496 e. The van der Waals surface area contributed by atoms with Gasteiger partial charge in [0.1, 0.15) is 11.6 Å². The van der Waals surface area contributed by atoms with Crippen molar-refractivity contribution in [1.29, 1.82) is 0 Å². The number of aryl methyl sites for hydroxylation is 1. The summed E-state index contributed by atoms with van der Waals surface area (Å²) < 4.78 is 5.65. The van der Waals surface area contributed by atoms with Crippen molar-refractivity contribution < 1.29 is 4.74 Å². The van der Waals surface area contributed by atoms with Gasteiger partial charge in [0.2, 0.25) is 0 Å². The fourth-order valence-corrected chi connectivity index (χ4v) is 4.43. The molecule has 3 N–H and O–H groups in total. The minimum Gasteiger partial charge on any atom is -0.496 e. The van der Waals surface area contributed by atoms with Crippen LogP contribution in [0.25, 0.3) is 11.0 Å². The first kappa shape index (κ1) is 25.3. The van der Waals surface area contributed by atoms with Crippen molar-refractivity contribution in [3.63, 3.8) is 0 Å². The quantitative estimate of drug-likeness (QED) is 0.158. The van der Waals surface area contributed by atoms with Crippen LogP contribution in [0, 0.1) is 0 Å². The number of guanidine groups is 1. The number of aromatic nitrogens is 2. The average Bonchev–Trinajstić information content (AvgIpc) is 3.50. The van der Waals surface area contributed by atoms with Gasteiger partial charge in [-0.1, -0.05) is 30.3 Å². The van der Waals surface area contributed by atoms with Crippen LogP contribution in [0.5, 0.6) is 5.75 Å². The van der Waals surface area contributed by atoms with Crippen molar-refractivity contribution in [2.24, 2.45) is 4.99 Å². The first-order valence-corrected chi connectivity index (χ1v) is 11.5. The number of benzene rings is 2. The van der Waals surface area contributed by atoms with Gasteiger partial charge >= 0.3 is 0 Å². The van der Waals surface area contributed by atoms with E-state index >= 15 is 0 Å². The highest BCUT2D eigenvalue weighted by molar-refractivity contribution is 14.0. The van der Waals surface area contributed by atoms with Crippen LogP contribution in [0.4, 0.5) is 0 Å².